The zero-order valence-corrected chi connectivity index (χ0v) is 21.3. The van der Waals surface area contributed by atoms with Gasteiger partial charge in [-0.25, -0.2) is 18.9 Å². The number of hydrogen-bond donors (Lipinski definition) is 4. The summed E-state index contributed by atoms with van der Waals surface area (Å²) in [6.45, 7) is 0. The Hall–Kier alpha value is -4.56. The first-order chi connectivity index (χ1) is 18.3. The third kappa shape index (κ3) is 4.50. The molecule has 0 aliphatic carbocycles. The summed E-state index contributed by atoms with van der Waals surface area (Å²) in [7, 11) is 2.85. The molecule has 0 aliphatic rings. The summed E-state index contributed by atoms with van der Waals surface area (Å²) in [6, 6.07) is 9.28. The van der Waals surface area contributed by atoms with Gasteiger partial charge in [0.25, 0.3) is 11.5 Å². The number of amides is 1. The van der Waals surface area contributed by atoms with Crippen LogP contribution in [0.4, 0.5) is 10.1 Å². The molecular weight excluding hydrogens is 539 g/mol. The van der Waals surface area contributed by atoms with Crippen molar-refractivity contribution in [1.82, 2.24) is 35.5 Å². The second kappa shape index (κ2) is 10.1. The second-order valence-corrected chi connectivity index (χ2v) is 9.67. The average molecular weight is 557 g/mol. The van der Waals surface area contributed by atoms with Crippen LogP contribution in [0.25, 0.3) is 16.6 Å². The fourth-order valence-electron chi connectivity index (χ4n) is 3.91. The Morgan fingerprint density at radius 2 is 2.03 bits per heavy atom. The minimum absolute atomic E-state index is 0.0388. The fourth-order valence-corrected chi connectivity index (χ4v) is 5.03. The number of tetrazole rings is 1. The summed E-state index contributed by atoms with van der Waals surface area (Å²) in [6.07, 6.45) is 0. The lowest BCUT2D eigenvalue weighted by molar-refractivity contribution is 0.0941. The maximum Gasteiger partial charge on any atom is 0.333 e. The van der Waals surface area contributed by atoms with Crippen LogP contribution in [0.15, 0.2) is 52.1 Å². The van der Waals surface area contributed by atoms with Gasteiger partial charge in [-0.3, -0.25) is 9.59 Å². The number of benzene rings is 2. The number of anilines is 1. The molecule has 0 radical (unpaired) electrons. The Labute approximate surface area is 221 Å². The molecule has 5 aromatic rings. The number of halogens is 2. The summed E-state index contributed by atoms with van der Waals surface area (Å²) in [4.78, 5) is 42.6. The van der Waals surface area contributed by atoms with E-state index in [4.69, 9.17) is 16.3 Å². The van der Waals surface area contributed by atoms with Gasteiger partial charge in [-0.2, -0.15) is 0 Å². The molecule has 3 aromatic heterocycles. The molecule has 2 aromatic carbocycles. The number of fused-ring (bicyclic) bond motifs is 1. The van der Waals surface area contributed by atoms with Crippen molar-refractivity contribution in [3.63, 3.8) is 0 Å². The smallest absolute Gasteiger partial charge is 0.333 e. The van der Waals surface area contributed by atoms with E-state index in [0.717, 1.165) is 10.6 Å². The van der Waals surface area contributed by atoms with Crippen molar-refractivity contribution < 1.29 is 13.9 Å². The molecule has 15 heteroatoms. The van der Waals surface area contributed by atoms with E-state index in [2.05, 4.69) is 36.2 Å². The van der Waals surface area contributed by atoms with Gasteiger partial charge in [0.15, 0.2) is 5.82 Å². The molecule has 0 saturated heterocycles. The number of carbonyl (C=O) groups excluding carboxylic acids is 1. The van der Waals surface area contributed by atoms with E-state index in [0.29, 0.717) is 15.0 Å². The second-order valence-electron chi connectivity index (χ2n) is 7.92. The molecule has 1 atom stereocenters. The van der Waals surface area contributed by atoms with Gasteiger partial charge in [0.2, 0.25) is 0 Å². The molecular formula is C23H18ClFN8O4S. The predicted molar refractivity (Wildman–Crippen MR) is 139 cm³/mol. The largest absolute Gasteiger partial charge is 0.495 e. The first-order valence-corrected chi connectivity index (χ1v) is 12.1. The van der Waals surface area contributed by atoms with Crippen LogP contribution in [-0.4, -0.2) is 50.2 Å². The highest BCUT2D eigenvalue weighted by atomic mass is 35.5. The van der Waals surface area contributed by atoms with Crippen LogP contribution in [0, 0.1) is 5.82 Å². The van der Waals surface area contributed by atoms with Crippen molar-refractivity contribution in [2.24, 2.45) is 0 Å². The lowest BCUT2D eigenvalue weighted by Crippen LogP contribution is -2.34. The van der Waals surface area contributed by atoms with Crippen molar-refractivity contribution in [2.75, 3.05) is 19.5 Å². The molecule has 0 bridgehead atoms. The Kier molecular flexibility index (Phi) is 6.65. The lowest BCUT2D eigenvalue weighted by Gasteiger charge is -2.16. The highest BCUT2D eigenvalue weighted by Crippen LogP contribution is 2.30. The molecule has 5 rings (SSSR count). The van der Waals surface area contributed by atoms with Crippen LogP contribution >= 0.6 is 22.9 Å². The third-order valence-corrected chi connectivity index (χ3v) is 7.02. The molecule has 0 saturated carbocycles. The van der Waals surface area contributed by atoms with Gasteiger partial charge < -0.3 is 20.4 Å². The van der Waals surface area contributed by atoms with Gasteiger partial charge in [0.05, 0.1) is 33.7 Å². The number of rotatable bonds is 7. The lowest BCUT2D eigenvalue weighted by atomic mass is 10.1. The summed E-state index contributed by atoms with van der Waals surface area (Å²) in [5.74, 6) is -0.808. The quantitative estimate of drug-likeness (QED) is 0.238. The van der Waals surface area contributed by atoms with Gasteiger partial charge >= 0.3 is 5.69 Å². The van der Waals surface area contributed by atoms with Crippen molar-refractivity contribution in [3.05, 3.63) is 89.7 Å². The minimum Gasteiger partial charge on any atom is -0.495 e. The van der Waals surface area contributed by atoms with Crippen LogP contribution in [0.1, 0.15) is 27.1 Å². The van der Waals surface area contributed by atoms with Gasteiger partial charge in [-0.1, -0.05) is 11.6 Å². The standard InChI is InChI=1S/C23H18ClFN8O4S/c1-26-14-9-13-11(8-12(14)25)22(35)33(23(36)27-13)15-4-3-10(7-16(15)37-2)21(34)28-19(20-29-31-32-30-20)17-5-6-18(24)38-17/h3-9,19,26H,1-2H3,(H,27,36)(H,28,34)(H,29,30,31,32). The number of nitrogens with one attached hydrogen (secondary N) is 4. The Bertz CT molecular complexity index is 1780. The number of aromatic amines is 2. The molecule has 1 unspecified atom stereocenters. The van der Waals surface area contributed by atoms with Crippen molar-refractivity contribution in [3.8, 4) is 11.4 Å². The molecule has 0 fully saturated rings. The third-order valence-electron chi connectivity index (χ3n) is 5.73. The summed E-state index contributed by atoms with van der Waals surface area (Å²) >= 11 is 7.32. The highest BCUT2D eigenvalue weighted by molar-refractivity contribution is 7.16. The number of nitrogens with zero attached hydrogens (tertiary/aromatic N) is 4. The van der Waals surface area contributed by atoms with Crippen LogP contribution in [-0.2, 0) is 0 Å². The molecule has 194 valence electrons. The van der Waals surface area contributed by atoms with Gasteiger partial charge in [0, 0.05) is 17.5 Å². The van der Waals surface area contributed by atoms with E-state index in [1.54, 1.807) is 12.1 Å². The van der Waals surface area contributed by atoms with Crippen LogP contribution in [0.3, 0.4) is 0 Å². The molecule has 38 heavy (non-hydrogen) atoms. The number of methoxy groups -OCH3 is 1. The number of hydrogen-bond acceptors (Lipinski definition) is 9. The Morgan fingerprint density at radius 1 is 1.21 bits per heavy atom. The van der Waals surface area contributed by atoms with Crippen molar-refractivity contribution >= 4 is 45.4 Å². The number of carbonyl (C=O) groups is 1. The van der Waals surface area contributed by atoms with Crippen LogP contribution in [0.5, 0.6) is 5.75 Å². The number of ether oxygens (including phenoxy) is 1. The van der Waals surface area contributed by atoms with Crippen molar-refractivity contribution in [1.29, 1.82) is 0 Å². The van der Waals surface area contributed by atoms with Gasteiger partial charge in [0.1, 0.15) is 17.6 Å². The molecule has 0 spiro atoms. The first kappa shape index (κ1) is 25.1. The van der Waals surface area contributed by atoms with E-state index in [1.165, 1.54) is 49.8 Å². The van der Waals surface area contributed by atoms with E-state index in [1.807, 2.05) is 0 Å². The Morgan fingerprint density at radius 3 is 2.68 bits per heavy atom. The first-order valence-electron chi connectivity index (χ1n) is 10.9. The van der Waals surface area contributed by atoms with Crippen LogP contribution < -0.4 is 26.6 Å². The summed E-state index contributed by atoms with van der Waals surface area (Å²) in [5.41, 5.74) is -0.995. The minimum atomic E-state index is -0.765. The number of H-pyrrole nitrogens is 2. The summed E-state index contributed by atoms with van der Waals surface area (Å²) < 4.78 is 21.1. The van der Waals surface area contributed by atoms with Crippen molar-refractivity contribution in [2.45, 2.75) is 6.04 Å². The van der Waals surface area contributed by atoms with Gasteiger partial charge in [-0.15, -0.1) is 16.4 Å². The topological polar surface area (TPSA) is 160 Å². The molecule has 4 N–H and O–H groups in total. The summed E-state index contributed by atoms with van der Waals surface area (Å²) in [5, 5.41) is 19.1. The SMILES string of the molecule is CNc1cc2[nH]c(=O)n(-c3ccc(C(=O)NC(c4nnn[nH]4)c4ccc(Cl)s4)cc3OC)c(=O)c2cc1F. The van der Waals surface area contributed by atoms with E-state index in [-0.39, 0.29) is 33.6 Å². The highest BCUT2D eigenvalue weighted by Gasteiger charge is 2.24. The molecule has 3 heterocycles. The number of thiophene rings is 1. The monoisotopic (exact) mass is 556 g/mol. The predicted octanol–water partition coefficient (Wildman–Crippen LogP) is 2.62. The zero-order chi connectivity index (χ0) is 27.0. The molecule has 12 nitrogen and oxygen atoms in total. The van der Waals surface area contributed by atoms with E-state index < -0.39 is 29.0 Å². The van der Waals surface area contributed by atoms with E-state index in [9.17, 15) is 18.8 Å². The Balaban J connectivity index is 1.53. The van der Waals surface area contributed by atoms with Gasteiger partial charge in [-0.05, 0) is 52.9 Å². The maximum atomic E-state index is 14.4. The maximum absolute atomic E-state index is 14.4. The molecule has 0 aliphatic heterocycles. The fraction of sp³-hybridized carbons (Fsp3) is 0.130. The van der Waals surface area contributed by atoms with Crippen LogP contribution in [0.2, 0.25) is 4.34 Å². The molecule has 1 amide bonds. The zero-order valence-electron chi connectivity index (χ0n) is 19.7. The average Bonchev–Trinajstić information content (AvgIpc) is 3.59. The number of aromatic nitrogens is 6. The van der Waals surface area contributed by atoms with E-state index >= 15 is 0 Å². The normalized spacial score (nSPS) is 11.9.